The Balaban J connectivity index is 2.49. The van der Waals surface area contributed by atoms with E-state index in [1.807, 2.05) is 32.9 Å². The number of thioether (sulfide) groups is 1. The molecule has 0 saturated heterocycles. The van der Waals surface area contributed by atoms with E-state index in [-0.39, 0.29) is 11.3 Å². The quantitative estimate of drug-likeness (QED) is 0.536. The molecule has 0 aliphatic rings. The van der Waals surface area contributed by atoms with Gasteiger partial charge in [-0.05, 0) is 24.1 Å². The van der Waals surface area contributed by atoms with Gasteiger partial charge in [-0.15, -0.1) is 0 Å². The van der Waals surface area contributed by atoms with Crippen molar-refractivity contribution in [2.45, 2.75) is 46.3 Å². The van der Waals surface area contributed by atoms with Crippen LogP contribution in [0.5, 0.6) is 0 Å². The van der Waals surface area contributed by atoms with Crippen molar-refractivity contribution in [3.8, 4) is 0 Å². The Morgan fingerprint density at radius 2 is 2.00 bits per heavy atom. The van der Waals surface area contributed by atoms with Gasteiger partial charge in [0.1, 0.15) is 5.78 Å². The summed E-state index contributed by atoms with van der Waals surface area (Å²) in [5, 5.41) is 1.21. The van der Waals surface area contributed by atoms with Crippen molar-refractivity contribution in [2.24, 2.45) is 11.3 Å². The normalized spacial score (nSPS) is 12.1. The number of hydrogen-bond donors (Lipinski definition) is 0. The summed E-state index contributed by atoms with van der Waals surface area (Å²) >= 11 is 4.75. The zero-order valence-electron chi connectivity index (χ0n) is 14.7. The van der Waals surface area contributed by atoms with Crippen LogP contribution in [0.2, 0.25) is 0 Å². The smallest absolute Gasteiger partial charge is 0.262 e. The molecule has 130 valence electrons. The lowest BCUT2D eigenvalue weighted by Crippen LogP contribution is -2.27. The van der Waals surface area contributed by atoms with Crippen molar-refractivity contribution in [3.63, 3.8) is 0 Å². The van der Waals surface area contributed by atoms with Crippen molar-refractivity contribution in [1.29, 1.82) is 0 Å². The third-order valence-electron chi connectivity index (χ3n) is 3.60. The zero-order valence-corrected chi connectivity index (χ0v) is 17.1. The fourth-order valence-corrected chi connectivity index (χ4v) is 3.69. The van der Waals surface area contributed by atoms with Crippen LogP contribution in [0.3, 0.4) is 0 Å². The van der Waals surface area contributed by atoms with E-state index in [0.717, 1.165) is 4.47 Å². The SMILES string of the molecule is CC(C)Cn1c(SCC(=O)C(C)(C)C)nc2ccc(Br)cc2c1=O. The minimum atomic E-state index is -0.391. The number of carbonyl (C=O) groups is 1. The summed E-state index contributed by atoms with van der Waals surface area (Å²) in [5.41, 5.74) is 0.215. The molecule has 1 aromatic carbocycles. The average molecular weight is 411 g/mol. The first-order valence-corrected chi connectivity index (χ1v) is 9.73. The van der Waals surface area contributed by atoms with Gasteiger partial charge in [0.25, 0.3) is 5.56 Å². The minimum absolute atomic E-state index is 0.0549. The molecule has 2 rings (SSSR count). The number of rotatable bonds is 5. The predicted molar refractivity (Wildman–Crippen MR) is 104 cm³/mol. The van der Waals surface area contributed by atoms with Crippen molar-refractivity contribution in [3.05, 3.63) is 33.0 Å². The highest BCUT2D eigenvalue weighted by Gasteiger charge is 2.22. The number of fused-ring (bicyclic) bond motifs is 1. The lowest BCUT2D eigenvalue weighted by Gasteiger charge is -2.18. The molecule has 1 aromatic heterocycles. The van der Waals surface area contributed by atoms with E-state index in [9.17, 15) is 9.59 Å². The summed E-state index contributed by atoms with van der Waals surface area (Å²) in [4.78, 5) is 29.7. The molecule has 6 heteroatoms. The number of hydrogen-bond acceptors (Lipinski definition) is 4. The number of benzene rings is 1. The summed E-state index contributed by atoms with van der Waals surface area (Å²) in [6, 6.07) is 5.50. The maximum atomic E-state index is 12.9. The molecule has 0 atom stereocenters. The van der Waals surface area contributed by atoms with E-state index < -0.39 is 5.41 Å². The van der Waals surface area contributed by atoms with E-state index in [4.69, 9.17) is 0 Å². The van der Waals surface area contributed by atoms with Crippen LogP contribution in [0.25, 0.3) is 10.9 Å². The van der Waals surface area contributed by atoms with E-state index in [1.54, 1.807) is 10.6 Å². The zero-order chi connectivity index (χ0) is 18.1. The minimum Gasteiger partial charge on any atom is -0.298 e. The number of carbonyl (C=O) groups excluding carboxylic acids is 1. The molecule has 0 radical (unpaired) electrons. The molecule has 0 fully saturated rings. The second kappa shape index (κ2) is 7.40. The largest absolute Gasteiger partial charge is 0.298 e. The van der Waals surface area contributed by atoms with E-state index in [2.05, 4.69) is 34.8 Å². The summed E-state index contributed by atoms with van der Waals surface area (Å²) in [6.07, 6.45) is 0. The Hall–Kier alpha value is -1.14. The third kappa shape index (κ3) is 4.48. The molecule has 0 amide bonds. The first-order chi connectivity index (χ1) is 11.1. The van der Waals surface area contributed by atoms with Crippen LogP contribution in [0.1, 0.15) is 34.6 Å². The van der Waals surface area contributed by atoms with Gasteiger partial charge in [0.05, 0.1) is 16.7 Å². The van der Waals surface area contributed by atoms with E-state index in [0.29, 0.717) is 34.3 Å². The monoisotopic (exact) mass is 410 g/mol. The second-order valence-electron chi connectivity index (χ2n) is 7.33. The fourth-order valence-electron chi connectivity index (χ4n) is 2.16. The molecule has 0 bridgehead atoms. The van der Waals surface area contributed by atoms with Gasteiger partial charge in [-0.3, -0.25) is 14.2 Å². The Kier molecular flexibility index (Phi) is 5.91. The molecule has 24 heavy (non-hydrogen) atoms. The van der Waals surface area contributed by atoms with Gasteiger partial charge in [0.15, 0.2) is 5.16 Å². The first kappa shape index (κ1) is 19.2. The van der Waals surface area contributed by atoms with Gasteiger partial charge < -0.3 is 0 Å². The molecule has 0 spiro atoms. The average Bonchev–Trinajstić information content (AvgIpc) is 2.47. The standard InChI is InChI=1S/C18H23BrN2O2S/c1-11(2)9-21-16(23)13-8-12(19)6-7-14(13)20-17(21)24-10-15(22)18(3,4)5/h6-8,11H,9-10H2,1-5H3. The molecule has 0 saturated carbocycles. The topological polar surface area (TPSA) is 52.0 Å². The molecular weight excluding hydrogens is 388 g/mol. The highest BCUT2D eigenvalue weighted by Crippen LogP contribution is 2.24. The fraction of sp³-hybridized carbons (Fsp3) is 0.500. The summed E-state index contributed by atoms with van der Waals surface area (Å²) < 4.78 is 2.55. The summed E-state index contributed by atoms with van der Waals surface area (Å²) in [7, 11) is 0. The number of aromatic nitrogens is 2. The number of nitrogens with zero attached hydrogens (tertiary/aromatic N) is 2. The lowest BCUT2D eigenvalue weighted by molar-refractivity contribution is -0.123. The van der Waals surface area contributed by atoms with Gasteiger partial charge in [-0.25, -0.2) is 4.98 Å². The van der Waals surface area contributed by atoms with Crippen LogP contribution in [0.4, 0.5) is 0 Å². The van der Waals surface area contributed by atoms with Crippen LogP contribution in [0.15, 0.2) is 32.6 Å². The number of halogens is 1. The van der Waals surface area contributed by atoms with Crippen molar-refractivity contribution in [2.75, 3.05) is 5.75 Å². The highest BCUT2D eigenvalue weighted by molar-refractivity contribution is 9.10. The van der Waals surface area contributed by atoms with Crippen LogP contribution in [-0.2, 0) is 11.3 Å². The molecular formula is C18H23BrN2O2S. The summed E-state index contributed by atoms with van der Waals surface area (Å²) in [5.74, 6) is 0.774. The lowest BCUT2D eigenvalue weighted by atomic mass is 9.92. The molecule has 1 heterocycles. The van der Waals surface area contributed by atoms with Gasteiger partial charge in [-0.1, -0.05) is 62.3 Å². The van der Waals surface area contributed by atoms with Crippen LogP contribution in [0, 0.1) is 11.3 Å². The summed E-state index contributed by atoms with van der Waals surface area (Å²) in [6.45, 7) is 10.4. The van der Waals surface area contributed by atoms with Crippen LogP contribution in [-0.4, -0.2) is 21.1 Å². The van der Waals surface area contributed by atoms with Gasteiger partial charge >= 0.3 is 0 Å². The van der Waals surface area contributed by atoms with Crippen LogP contribution >= 0.6 is 27.7 Å². The highest BCUT2D eigenvalue weighted by atomic mass is 79.9. The third-order valence-corrected chi connectivity index (χ3v) is 5.07. The van der Waals surface area contributed by atoms with Crippen molar-refractivity contribution in [1.82, 2.24) is 9.55 Å². The molecule has 2 aromatic rings. The molecule has 0 N–H and O–H groups in total. The van der Waals surface area contributed by atoms with Gasteiger partial charge in [0.2, 0.25) is 0 Å². The van der Waals surface area contributed by atoms with Crippen molar-refractivity contribution >= 4 is 44.4 Å². The van der Waals surface area contributed by atoms with Crippen molar-refractivity contribution < 1.29 is 4.79 Å². The molecule has 0 aliphatic heterocycles. The second-order valence-corrected chi connectivity index (χ2v) is 9.19. The molecule has 4 nitrogen and oxygen atoms in total. The molecule has 0 unspecified atom stereocenters. The van der Waals surface area contributed by atoms with E-state index >= 15 is 0 Å². The van der Waals surface area contributed by atoms with Gasteiger partial charge in [0, 0.05) is 16.4 Å². The predicted octanol–water partition coefficient (Wildman–Crippen LogP) is 4.52. The number of Topliss-reactive ketones (excluding diaryl/α,β-unsaturated/α-hetero) is 1. The Bertz CT molecular complexity index is 822. The number of ketones is 1. The Labute approximate surface area is 155 Å². The first-order valence-electron chi connectivity index (χ1n) is 7.96. The Morgan fingerprint density at radius 3 is 2.58 bits per heavy atom. The van der Waals surface area contributed by atoms with E-state index in [1.165, 1.54) is 11.8 Å². The Morgan fingerprint density at radius 1 is 1.33 bits per heavy atom. The molecule has 0 aliphatic carbocycles. The maximum Gasteiger partial charge on any atom is 0.262 e. The van der Waals surface area contributed by atoms with Gasteiger partial charge in [-0.2, -0.15) is 0 Å². The van der Waals surface area contributed by atoms with Crippen LogP contribution < -0.4 is 5.56 Å². The maximum absolute atomic E-state index is 12.9.